The van der Waals surface area contributed by atoms with Crippen LogP contribution >= 0.6 is 0 Å². The van der Waals surface area contributed by atoms with E-state index in [4.69, 9.17) is 5.11 Å². The molecule has 0 aliphatic heterocycles. The van der Waals surface area contributed by atoms with Crippen LogP contribution in [0.5, 0.6) is 0 Å². The summed E-state index contributed by atoms with van der Waals surface area (Å²) in [7, 11) is 0. The standard InChI is InChI=1S/C19H34N2O2/c1-4-6-7-8-9-10-11-12-18-20(13-5-2)14-15-21(18)16-17(3)19(22)23/h14-15,17H,4-13,16H2,1-3H3/p+1. The fourth-order valence-corrected chi connectivity index (χ4v) is 3.01. The summed E-state index contributed by atoms with van der Waals surface area (Å²) in [6.07, 6.45) is 15.5. The highest BCUT2D eigenvalue weighted by atomic mass is 16.4. The Kier molecular flexibility index (Phi) is 9.65. The van der Waals surface area contributed by atoms with Crippen LogP contribution in [0.1, 0.15) is 78.0 Å². The van der Waals surface area contributed by atoms with Crippen LogP contribution in [0.25, 0.3) is 0 Å². The van der Waals surface area contributed by atoms with E-state index in [1.165, 1.54) is 50.8 Å². The molecule has 1 unspecified atom stereocenters. The first kappa shape index (κ1) is 19.7. The van der Waals surface area contributed by atoms with E-state index >= 15 is 0 Å². The van der Waals surface area contributed by atoms with Gasteiger partial charge in [-0.3, -0.25) is 4.79 Å². The first-order valence-electron chi connectivity index (χ1n) is 9.40. The number of unbranched alkanes of at least 4 members (excludes halogenated alkanes) is 6. The normalized spacial score (nSPS) is 12.5. The summed E-state index contributed by atoms with van der Waals surface area (Å²) in [5, 5.41) is 9.14. The van der Waals surface area contributed by atoms with E-state index in [-0.39, 0.29) is 5.92 Å². The largest absolute Gasteiger partial charge is 0.481 e. The number of carboxylic acid groups (broad SMARTS) is 1. The van der Waals surface area contributed by atoms with Gasteiger partial charge in [0.05, 0.1) is 12.5 Å². The SMILES string of the molecule is CCCCCCCCCc1n(CCC)cc[n+]1CC(C)C(=O)O. The van der Waals surface area contributed by atoms with Crippen LogP contribution in [0.3, 0.4) is 0 Å². The van der Waals surface area contributed by atoms with Crippen LogP contribution in [0, 0.1) is 5.92 Å². The van der Waals surface area contributed by atoms with Crippen molar-refractivity contribution in [2.45, 2.75) is 91.6 Å². The minimum Gasteiger partial charge on any atom is -0.481 e. The Labute approximate surface area is 141 Å². The molecule has 1 rings (SSSR count). The Morgan fingerprint density at radius 1 is 1.13 bits per heavy atom. The maximum Gasteiger partial charge on any atom is 0.310 e. The highest BCUT2D eigenvalue weighted by Crippen LogP contribution is 2.10. The van der Waals surface area contributed by atoms with Crippen LogP contribution in [-0.4, -0.2) is 15.6 Å². The Hall–Kier alpha value is -1.32. The average Bonchev–Trinajstić information content (AvgIpc) is 2.89. The van der Waals surface area contributed by atoms with E-state index in [9.17, 15) is 4.79 Å². The van der Waals surface area contributed by atoms with Gasteiger partial charge >= 0.3 is 5.97 Å². The third-order valence-electron chi connectivity index (χ3n) is 4.45. The van der Waals surface area contributed by atoms with Crippen molar-refractivity contribution in [1.29, 1.82) is 0 Å². The van der Waals surface area contributed by atoms with Gasteiger partial charge in [-0.25, -0.2) is 9.13 Å². The van der Waals surface area contributed by atoms with E-state index in [0.29, 0.717) is 6.54 Å². The monoisotopic (exact) mass is 323 g/mol. The molecule has 0 saturated heterocycles. The Balaban J connectivity index is 2.52. The second-order valence-electron chi connectivity index (χ2n) is 6.67. The minimum atomic E-state index is -0.720. The van der Waals surface area contributed by atoms with Crippen molar-refractivity contribution in [1.82, 2.24) is 4.57 Å². The van der Waals surface area contributed by atoms with Gasteiger partial charge < -0.3 is 5.11 Å². The fraction of sp³-hybridized carbons (Fsp3) is 0.789. The molecule has 0 radical (unpaired) electrons. The lowest BCUT2D eigenvalue weighted by molar-refractivity contribution is -0.707. The maximum atomic E-state index is 11.1. The zero-order chi connectivity index (χ0) is 17.1. The lowest BCUT2D eigenvalue weighted by Gasteiger charge is -2.07. The molecule has 1 aromatic heterocycles. The van der Waals surface area contributed by atoms with Crippen molar-refractivity contribution < 1.29 is 14.5 Å². The Morgan fingerprint density at radius 3 is 2.39 bits per heavy atom. The average molecular weight is 324 g/mol. The van der Waals surface area contributed by atoms with Crippen LogP contribution < -0.4 is 4.57 Å². The van der Waals surface area contributed by atoms with Gasteiger partial charge in [0.15, 0.2) is 0 Å². The molecule has 0 aliphatic rings. The summed E-state index contributed by atoms with van der Waals surface area (Å²) in [6.45, 7) is 7.79. The predicted octanol–water partition coefficient (Wildman–Crippen LogP) is 4.20. The summed E-state index contributed by atoms with van der Waals surface area (Å²) < 4.78 is 4.44. The molecule has 1 atom stereocenters. The van der Waals surface area contributed by atoms with E-state index in [1.807, 2.05) is 6.20 Å². The van der Waals surface area contributed by atoms with Gasteiger partial charge in [0.25, 0.3) is 5.82 Å². The Bertz CT molecular complexity index is 454. The van der Waals surface area contributed by atoms with E-state index in [0.717, 1.165) is 19.4 Å². The van der Waals surface area contributed by atoms with Crippen molar-refractivity contribution in [3.63, 3.8) is 0 Å². The van der Waals surface area contributed by atoms with Gasteiger partial charge in [0, 0.05) is 6.42 Å². The summed E-state index contributed by atoms with van der Waals surface area (Å²) in [4.78, 5) is 11.1. The van der Waals surface area contributed by atoms with Crippen molar-refractivity contribution in [2.24, 2.45) is 5.92 Å². The fourth-order valence-electron chi connectivity index (χ4n) is 3.01. The quantitative estimate of drug-likeness (QED) is 0.437. The van der Waals surface area contributed by atoms with E-state index < -0.39 is 5.97 Å². The molecule has 1 aromatic rings. The number of aromatic nitrogens is 2. The number of hydrogen-bond donors (Lipinski definition) is 1. The second kappa shape index (κ2) is 11.3. The third kappa shape index (κ3) is 7.19. The van der Waals surface area contributed by atoms with E-state index in [1.54, 1.807) is 6.92 Å². The highest BCUT2D eigenvalue weighted by molar-refractivity contribution is 5.69. The summed E-state index contributed by atoms with van der Waals surface area (Å²) >= 11 is 0. The summed E-state index contributed by atoms with van der Waals surface area (Å²) in [5.41, 5.74) is 0. The van der Waals surface area contributed by atoms with Crippen molar-refractivity contribution in [3.05, 3.63) is 18.2 Å². The highest BCUT2D eigenvalue weighted by Gasteiger charge is 2.21. The molecule has 23 heavy (non-hydrogen) atoms. The summed E-state index contributed by atoms with van der Waals surface area (Å²) in [5.74, 6) is 0.224. The number of aliphatic carboxylic acids is 1. The molecule has 1 heterocycles. The minimum absolute atomic E-state index is 0.342. The number of hydrogen-bond acceptors (Lipinski definition) is 1. The number of carboxylic acids is 1. The summed E-state index contributed by atoms with van der Waals surface area (Å²) in [6, 6.07) is 0. The molecule has 0 saturated carbocycles. The second-order valence-corrected chi connectivity index (χ2v) is 6.67. The molecule has 0 aromatic carbocycles. The lowest BCUT2D eigenvalue weighted by atomic mass is 10.1. The molecule has 132 valence electrons. The molecular weight excluding hydrogens is 288 g/mol. The molecule has 4 heteroatoms. The maximum absolute atomic E-state index is 11.1. The topological polar surface area (TPSA) is 46.1 Å². The molecule has 0 amide bonds. The van der Waals surface area contributed by atoms with Gasteiger partial charge in [-0.15, -0.1) is 0 Å². The van der Waals surface area contributed by atoms with Crippen LogP contribution in [0.15, 0.2) is 12.4 Å². The Morgan fingerprint density at radius 2 is 1.78 bits per heavy atom. The van der Waals surface area contributed by atoms with Gasteiger partial charge in [-0.2, -0.15) is 0 Å². The lowest BCUT2D eigenvalue weighted by Crippen LogP contribution is -2.41. The zero-order valence-corrected chi connectivity index (χ0v) is 15.3. The number of nitrogens with zero attached hydrogens (tertiary/aromatic N) is 2. The smallest absolute Gasteiger partial charge is 0.310 e. The first-order valence-corrected chi connectivity index (χ1v) is 9.40. The predicted molar refractivity (Wildman–Crippen MR) is 93.4 cm³/mol. The number of carbonyl (C=O) groups is 1. The molecule has 0 bridgehead atoms. The molecule has 0 aliphatic carbocycles. The van der Waals surface area contributed by atoms with Gasteiger partial charge in [0.1, 0.15) is 18.9 Å². The first-order chi connectivity index (χ1) is 11.1. The van der Waals surface area contributed by atoms with Gasteiger partial charge in [-0.05, 0) is 19.8 Å². The molecule has 0 fully saturated rings. The number of rotatable bonds is 13. The van der Waals surface area contributed by atoms with Crippen LogP contribution in [0.2, 0.25) is 0 Å². The van der Waals surface area contributed by atoms with Crippen molar-refractivity contribution in [3.8, 4) is 0 Å². The zero-order valence-electron chi connectivity index (χ0n) is 15.3. The molecule has 4 nitrogen and oxygen atoms in total. The number of imidazole rings is 1. The number of aryl methyl sites for hydroxylation is 1. The third-order valence-corrected chi connectivity index (χ3v) is 4.45. The van der Waals surface area contributed by atoms with E-state index in [2.05, 4.69) is 29.2 Å². The molecular formula is C19H35N2O2+. The van der Waals surface area contributed by atoms with Crippen molar-refractivity contribution in [2.75, 3.05) is 0 Å². The molecule has 0 spiro atoms. The van der Waals surface area contributed by atoms with Crippen LogP contribution in [-0.2, 0) is 24.3 Å². The molecule has 1 N–H and O–H groups in total. The van der Waals surface area contributed by atoms with Crippen LogP contribution in [0.4, 0.5) is 0 Å². The van der Waals surface area contributed by atoms with Gasteiger partial charge in [-0.1, -0.05) is 52.4 Å². The van der Waals surface area contributed by atoms with Gasteiger partial charge in [0.2, 0.25) is 0 Å². The van der Waals surface area contributed by atoms with Crippen molar-refractivity contribution >= 4 is 5.97 Å².